The van der Waals surface area contributed by atoms with E-state index >= 15 is 0 Å². The fourth-order valence-electron chi connectivity index (χ4n) is 13.3. The Morgan fingerprint density at radius 3 is 0.527 bits per heavy atom. The number of rotatable bonds is 78. The van der Waals surface area contributed by atoms with E-state index in [-0.39, 0.29) is 62.8 Å². The summed E-state index contributed by atoms with van der Waals surface area (Å²) in [5.41, 5.74) is 0. The minimum atomic E-state index is -4.63. The van der Waals surface area contributed by atoms with E-state index < -0.39 is 20.8 Å². The fraction of sp³-hybridized carbons (Fsp3) is 0.951. The van der Waals surface area contributed by atoms with Crippen molar-refractivity contribution in [2.24, 2.45) is 11.8 Å². The monoisotopic (exact) mass is 1380 g/mol. The quantitative estimate of drug-likeness (QED) is 0.0193. The number of allylic oxidation sites excluding steroid dienone is 2. The Bertz CT molecular complexity index is 1540. The third-order valence-corrected chi connectivity index (χ3v) is 20.3. The Labute approximate surface area is 614 Å². The van der Waals surface area contributed by atoms with Gasteiger partial charge in [-0.3, -0.25) is 8.37 Å². The average Bonchev–Trinajstić information content (AvgIpc) is 3.74. The molecule has 0 rings (SSSR count). The van der Waals surface area contributed by atoms with Crippen molar-refractivity contribution in [1.29, 1.82) is 0 Å². The maximum Gasteiger partial charge on any atom is 2.00 e. The predicted octanol–water partition coefficient (Wildman–Crippen LogP) is 28.3. The van der Waals surface area contributed by atoms with Crippen LogP contribution in [0, 0.1) is 11.8 Å². The molecule has 0 radical (unpaired) electrons. The van der Waals surface area contributed by atoms with Gasteiger partial charge in [-0.1, -0.05) is 463 Å². The second-order valence-electron chi connectivity index (χ2n) is 28.8. The van der Waals surface area contributed by atoms with Gasteiger partial charge in [-0.25, -0.2) is 16.8 Å². The maximum atomic E-state index is 11.0. The van der Waals surface area contributed by atoms with Crippen molar-refractivity contribution in [2.45, 2.75) is 477 Å². The van der Waals surface area contributed by atoms with E-state index in [1.54, 1.807) is 0 Å². The van der Waals surface area contributed by atoms with Gasteiger partial charge in [-0.2, -0.15) is 0 Å². The Balaban J connectivity index is -0.00000172. The minimum Gasteiger partial charge on any atom is -0.726 e. The summed E-state index contributed by atoms with van der Waals surface area (Å²) >= 11 is 0. The van der Waals surface area contributed by atoms with Crippen molar-refractivity contribution < 1.29 is 34.3 Å². The molecule has 0 aliphatic rings. The molecule has 2 atom stereocenters. The molecule has 8 nitrogen and oxygen atoms in total. The van der Waals surface area contributed by atoms with E-state index in [4.69, 9.17) is 0 Å². The summed E-state index contributed by atoms with van der Waals surface area (Å²) in [7, 11) is -9.26. The summed E-state index contributed by atoms with van der Waals surface area (Å²) in [6.07, 6.45) is 102. The fourth-order valence-corrected chi connectivity index (χ4v) is 14.0. The molecular formula is C82H162CaO8S2. The summed E-state index contributed by atoms with van der Waals surface area (Å²) in [4.78, 5) is 0. The van der Waals surface area contributed by atoms with E-state index in [0.717, 1.165) is 38.5 Å². The van der Waals surface area contributed by atoms with E-state index in [0.29, 0.717) is 0 Å². The molecule has 0 saturated heterocycles. The summed E-state index contributed by atoms with van der Waals surface area (Å²) in [6.45, 7) is 9.10. The molecule has 0 aromatic carbocycles. The van der Waals surface area contributed by atoms with Crippen molar-refractivity contribution >= 4 is 58.5 Å². The molecule has 0 aliphatic carbocycles. The van der Waals surface area contributed by atoms with Crippen LogP contribution in [0.15, 0.2) is 24.3 Å². The first-order valence-corrected chi connectivity index (χ1v) is 44.2. The molecule has 2 unspecified atom stereocenters. The second kappa shape index (κ2) is 83.1. The van der Waals surface area contributed by atoms with Crippen LogP contribution in [0.25, 0.3) is 0 Å². The number of hydrogen-bond donors (Lipinski definition) is 0. The summed E-state index contributed by atoms with van der Waals surface area (Å²) in [5.74, 6) is 0.0299. The maximum absolute atomic E-state index is 11.0. The number of hydrogen-bond acceptors (Lipinski definition) is 8. The van der Waals surface area contributed by atoms with Gasteiger partial charge in [0.1, 0.15) is 0 Å². The van der Waals surface area contributed by atoms with Crippen molar-refractivity contribution in [3.8, 4) is 0 Å². The van der Waals surface area contributed by atoms with Gasteiger partial charge in [0, 0.05) is 11.8 Å². The van der Waals surface area contributed by atoms with Crippen molar-refractivity contribution in [3.63, 3.8) is 0 Å². The Morgan fingerprint density at radius 1 is 0.237 bits per heavy atom. The van der Waals surface area contributed by atoms with Crippen LogP contribution in [0.4, 0.5) is 0 Å². The predicted molar refractivity (Wildman–Crippen MR) is 408 cm³/mol. The molecule has 11 heteroatoms. The van der Waals surface area contributed by atoms with Crippen LogP contribution in [-0.4, -0.2) is 76.9 Å². The number of unbranched alkanes of at least 4 members (excludes halogenated alkanes) is 64. The first-order chi connectivity index (χ1) is 45.0. The van der Waals surface area contributed by atoms with Gasteiger partial charge in [0.15, 0.2) is 0 Å². The molecule has 0 aliphatic heterocycles. The molecule has 0 aromatic rings. The zero-order valence-corrected chi connectivity index (χ0v) is 67.0. The molecule has 0 N–H and O–H groups in total. The molecule has 93 heavy (non-hydrogen) atoms. The van der Waals surface area contributed by atoms with E-state index in [1.165, 1.54) is 411 Å². The minimum absolute atomic E-state index is 0. The molecule has 0 bridgehead atoms. The molecule has 0 saturated carbocycles. The smallest absolute Gasteiger partial charge is 0.726 e. The van der Waals surface area contributed by atoms with Gasteiger partial charge < -0.3 is 9.11 Å². The van der Waals surface area contributed by atoms with E-state index in [2.05, 4.69) is 60.4 Å². The third-order valence-electron chi connectivity index (χ3n) is 19.5. The molecular weight excluding hydrogens is 1220 g/mol. The van der Waals surface area contributed by atoms with Gasteiger partial charge in [-0.05, 0) is 38.5 Å². The van der Waals surface area contributed by atoms with Crippen molar-refractivity contribution in [1.82, 2.24) is 0 Å². The Morgan fingerprint density at radius 2 is 0.376 bits per heavy atom. The standard InChI is InChI=1S/2C41H82O4S.Ca/c2*1-3-5-7-9-11-13-15-17-19-21-23-25-27-29-31-33-35-37-39-41(40-45-46(42,43)44)38-36-34-32-30-28-26-24-22-20-18-16-14-12-10-8-6-4-2;/h2*37,39,41H,3-36,38,40H2,1-2H3,(H,42,43,44);/q;;+2/p-2/b2*39-37+;. The van der Waals surface area contributed by atoms with Crippen molar-refractivity contribution in [2.75, 3.05) is 13.2 Å². The van der Waals surface area contributed by atoms with Gasteiger partial charge >= 0.3 is 37.7 Å². The molecule has 0 amide bonds. The SMILES string of the molecule is CCCCCCCCCCCCCCCCCC/C=C/C(CCCCCCCCCCCCCCCCCCC)COS(=O)(=O)[O-].CCCCCCCCCCCCCCCCCC/C=C/C(CCCCCCCCCCCCCCCCCCC)COS(=O)(=O)[O-].[Ca+2]. The normalized spacial score (nSPS) is 12.7. The van der Waals surface area contributed by atoms with Crippen LogP contribution in [0.2, 0.25) is 0 Å². The van der Waals surface area contributed by atoms with Gasteiger partial charge in [-0.15, -0.1) is 0 Å². The van der Waals surface area contributed by atoms with Gasteiger partial charge in [0.25, 0.3) is 0 Å². The largest absolute Gasteiger partial charge is 2.00 e. The molecule has 0 fully saturated rings. The zero-order chi connectivity index (χ0) is 67.3. The van der Waals surface area contributed by atoms with Crippen LogP contribution in [-0.2, 0) is 29.2 Å². The van der Waals surface area contributed by atoms with Gasteiger partial charge in [0.2, 0.25) is 20.8 Å². The zero-order valence-electron chi connectivity index (χ0n) is 63.2. The van der Waals surface area contributed by atoms with E-state index in [1.807, 2.05) is 0 Å². The second-order valence-corrected chi connectivity index (χ2v) is 30.9. The third kappa shape index (κ3) is 92.5. The topological polar surface area (TPSA) is 133 Å². The van der Waals surface area contributed by atoms with E-state index in [9.17, 15) is 25.9 Å². The molecule has 0 heterocycles. The van der Waals surface area contributed by atoms with Crippen LogP contribution in [0.5, 0.6) is 0 Å². The van der Waals surface area contributed by atoms with Crippen LogP contribution >= 0.6 is 0 Å². The Kier molecular flexibility index (Phi) is 87.3. The van der Waals surface area contributed by atoms with Crippen molar-refractivity contribution in [3.05, 3.63) is 24.3 Å². The van der Waals surface area contributed by atoms with Crippen LogP contribution in [0.1, 0.15) is 477 Å². The molecule has 552 valence electrons. The van der Waals surface area contributed by atoms with Crippen LogP contribution < -0.4 is 0 Å². The molecule has 0 aromatic heterocycles. The average molecular weight is 1380 g/mol. The first-order valence-electron chi connectivity index (χ1n) is 41.5. The summed E-state index contributed by atoms with van der Waals surface area (Å²) in [5, 5.41) is 0. The van der Waals surface area contributed by atoms with Gasteiger partial charge in [0.05, 0.1) is 13.2 Å². The first kappa shape index (κ1) is 97.7. The summed E-state index contributed by atoms with van der Waals surface area (Å²) < 4.78 is 75.3. The van der Waals surface area contributed by atoms with Crippen LogP contribution in [0.3, 0.4) is 0 Å². The molecule has 0 spiro atoms. The Hall–Kier alpha value is 0.480. The summed E-state index contributed by atoms with van der Waals surface area (Å²) in [6, 6.07) is 0.